The van der Waals surface area contributed by atoms with Crippen LogP contribution in [0.25, 0.3) is 0 Å². The highest BCUT2D eigenvalue weighted by Crippen LogP contribution is 2.65. The van der Waals surface area contributed by atoms with Crippen molar-refractivity contribution in [3.8, 4) is 0 Å². The molecule has 130 valence electrons. The zero-order chi connectivity index (χ0) is 17.7. The Labute approximate surface area is 146 Å². The number of nitrogens with zero attached hydrogens (tertiary/aromatic N) is 1. The standard InChI is InChI=1S/C18H13ClF3NO2/c19-12-4-1-7(18(20,21)22)5-13(12)23-16(24)14-8-2-3-9(11-6-10(8)11)15(14)17(23)25/h1-5,8-11,14-15H,6H2/t8-,9-,10-,11-,14-,15+/m1/s1. The van der Waals surface area contributed by atoms with E-state index in [1.165, 1.54) is 0 Å². The van der Waals surface area contributed by atoms with Crippen LogP contribution in [-0.2, 0) is 15.8 Å². The average Bonchev–Trinajstić information content (AvgIpc) is 3.32. The number of imide groups is 1. The third-order valence-corrected chi connectivity index (χ3v) is 6.50. The lowest BCUT2D eigenvalue weighted by molar-refractivity contribution is -0.137. The number of allylic oxidation sites excluding steroid dienone is 2. The van der Waals surface area contributed by atoms with Gasteiger partial charge in [0.05, 0.1) is 28.1 Å². The van der Waals surface area contributed by atoms with Crippen molar-refractivity contribution in [2.45, 2.75) is 12.6 Å². The van der Waals surface area contributed by atoms with Crippen LogP contribution in [0.2, 0.25) is 5.02 Å². The van der Waals surface area contributed by atoms with Crippen LogP contribution in [0, 0.1) is 35.5 Å². The van der Waals surface area contributed by atoms with Crippen LogP contribution >= 0.6 is 11.6 Å². The fourth-order valence-electron chi connectivity index (χ4n) is 5.05. The maximum absolute atomic E-state index is 13.0. The summed E-state index contributed by atoms with van der Waals surface area (Å²) in [5, 5.41) is -0.0289. The fourth-order valence-corrected chi connectivity index (χ4v) is 5.26. The first-order valence-corrected chi connectivity index (χ1v) is 8.59. The van der Waals surface area contributed by atoms with E-state index in [1.807, 2.05) is 12.2 Å². The monoisotopic (exact) mass is 367 g/mol. The summed E-state index contributed by atoms with van der Waals surface area (Å²) in [6.07, 6.45) is 0.491. The lowest BCUT2D eigenvalue weighted by Crippen LogP contribution is -2.40. The maximum atomic E-state index is 13.0. The van der Waals surface area contributed by atoms with Crippen LogP contribution < -0.4 is 4.90 Å². The fraction of sp³-hybridized carbons (Fsp3) is 0.444. The topological polar surface area (TPSA) is 37.4 Å². The van der Waals surface area contributed by atoms with Gasteiger partial charge in [0.15, 0.2) is 0 Å². The van der Waals surface area contributed by atoms with Gasteiger partial charge < -0.3 is 0 Å². The highest BCUT2D eigenvalue weighted by molar-refractivity contribution is 6.36. The molecule has 0 aromatic heterocycles. The van der Waals surface area contributed by atoms with Crippen LogP contribution in [0.15, 0.2) is 30.4 Å². The second-order valence-corrected chi connectivity index (χ2v) is 7.74. The van der Waals surface area contributed by atoms with Gasteiger partial charge in [-0.05, 0) is 48.3 Å². The van der Waals surface area contributed by atoms with Crippen LogP contribution in [0.1, 0.15) is 12.0 Å². The van der Waals surface area contributed by atoms with Crippen LogP contribution in [-0.4, -0.2) is 11.8 Å². The van der Waals surface area contributed by atoms with Crippen molar-refractivity contribution in [2.24, 2.45) is 35.5 Å². The molecule has 1 aliphatic heterocycles. The summed E-state index contributed by atoms with van der Waals surface area (Å²) in [6, 6.07) is 2.74. The molecule has 5 aliphatic rings. The highest BCUT2D eigenvalue weighted by atomic mass is 35.5. The zero-order valence-electron chi connectivity index (χ0n) is 12.8. The van der Waals surface area contributed by atoms with Gasteiger partial charge in [0.25, 0.3) is 0 Å². The minimum absolute atomic E-state index is 0.0195. The predicted octanol–water partition coefficient (Wildman–Crippen LogP) is 3.92. The number of hydrogen-bond acceptors (Lipinski definition) is 2. The van der Waals surface area contributed by atoms with Gasteiger partial charge in [-0.2, -0.15) is 13.2 Å². The lowest BCUT2D eigenvalue weighted by atomic mass is 9.63. The van der Waals surface area contributed by atoms with E-state index in [1.54, 1.807) is 0 Å². The molecule has 6 rings (SSSR count). The molecule has 2 saturated carbocycles. The van der Waals surface area contributed by atoms with Gasteiger partial charge in [0.2, 0.25) is 11.8 Å². The number of anilines is 1. The molecule has 0 unspecified atom stereocenters. The van der Waals surface area contributed by atoms with E-state index in [0.717, 1.165) is 29.5 Å². The Kier molecular flexibility index (Phi) is 2.88. The predicted molar refractivity (Wildman–Crippen MR) is 83.6 cm³/mol. The number of carbonyl (C=O) groups excluding carboxylic acids is 2. The smallest absolute Gasteiger partial charge is 0.274 e. The average molecular weight is 368 g/mol. The lowest BCUT2D eigenvalue weighted by Gasteiger charge is -2.37. The molecule has 1 saturated heterocycles. The molecule has 2 amide bonds. The molecule has 1 aromatic carbocycles. The summed E-state index contributed by atoms with van der Waals surface area (Å²) < 4.78 is 39.1. The van der Waals surface area contributed by atoms with Gasteiger partial charge in [-0.25, -0.2) is 4.90 Å². The summed E-state index contributed by atoms with van der Waals surface area (Å²) in [5.41, 5.74) is -1.08. The van der Waals surface area contributed by atoms with E-state index in [4.69, 9.17) is 11.6 Å². The Hall–Kier alpha value is -1.82. The first kappa shape index (κ1) is 15.4. The van der Waals surface area contributed by atoms with E-state index in [0.29, 0.717) is 11.8 Å². The Bertz CT molecular complexity index is 813. The minimum Gasteiger partial charge on any atom is -0.274 e. The molecule has 7 heteroatoms. The van der Waals surface area contributed by atoms with Crippen LogP contribution in [0.5, 0.6) is 0 Å². The summed E-state index contributed by atoms with van der Waals surface area (Å²) in [6.45, 7) is 0. The molecular weight excluding hydrogens is 355 g/mol. The van der Waals surface area contributed by atoms with Crippen molar-refractivity contribution in [1.82, 2.24) is 0 Å². The van der Waals surface area contributed by atoms with E-state index in [2.05, 4.69) is 0 Å². The zero-order valence-corrected chi connectivity index (χ0v) is 13.6. The van der Waals surface area contributed by atoms with Crippen molar-refractivity contribution < 1.29 is 22.8 Å². The van der Waals surface area contributed by atoms with Gasteiger partial charge in [0, 0.05) is 0 Å². The molecule has 3 fully saturated rings. The third kappa shape index (κ3) is 1.94. The van der Waals surface area contributed by atoms with Crippen molar-refractivity contribution in [1.29, 1.82) is 0 Å². The van der Waals surface area contributed by atoms with E-state index < -0.39 is 35.4 Å². The number of halogens is 4. The van der Waals surface area contributed by atoms with E-state index >= 15 is 0 Å². The van der Waals surface area contributed by atoms with E-state index in [9.17, 15) is 22.8 Å². The van der Waals surface area contributed by atoms with Crippen LogP contribution in [0.3, 0.4) is 0 Å². The SMILES string of the molecule is O=C1[C@@H]2[C@@H]3C=C[C@H]([C@H]4C[C@H]34)[C@@H]2C(=O)N1c1cc(C(F)(F)F)ccc1Cl. The van der Waals surface area contributed by atoms with Crippen molar-refractivity contribution in [3.05, 3.63) is 40.9 Å². The van der Waals surface area contributed by atoms with Gasteiger partial charge in [-0.1, -0.05) is 23.8 Å². The van der Waals surface area contributed by atoms with Gasteiger partial charge in [-0.3, -0.25) is 9.59 Å². The number of amides is 2. The van der Waals surface area contributed by atoms with Crippen molar-refractivity contribution >= 4 is 29.1 Å². The van der Waals surface area contributed by atoms with Crippen LogP contribution in [0.4, 0.5) is 18.9 Å². The Balaban J connectivity index is 1.59. The molecule has 3 nitrogen and oxygen atoms in total. The first-order chi connectivity index (χ1) is 11.8. The number of alkyl halides is 3. The van der Waals surface area contributed by atoms with E-state index in [-0.39, 0.29) is 22.5 Å². The molecule has 1 heterocycles. The Morgan fingerprint density at radius 2 is 1.56 bits per heavy atom. The van der Waals surface area contributed by atoms with Crippen molar-refractivity contribution in [2.75, 3.05) is 4.90 Å². The largest absolute Gasteiger partial charge is 0.416 e. The summed E-state index contributed by atoms with van der Waals surface area (Å²) in [7, 11) is 0. The molecule has 0 N–H and O–H groups in total. The molecular formula is C18H13ClF3NO2. The molecule has 0 radical (unpaired) electrons. The van der Waals surface area contributed by atoms with Gasteiger partial charge in [-0.15, -0.1) is 0 Å². The first-order valence-electron chi connectivity index (χ1n) is 8.22. The molecule has 0 spiro atoms. The van der Waals surface area contributed by atoms with Gasteiger partial charge in [0.1, 0.15) is 0 Å². The Morgan fingerprint density at radius 3 is 2.08 bits per heavy atom. The molecule has 1 aromatic rings. The molecule has 4 aliphatic carbocycles. The quantitative estimate of drug-likeness (QED) is 0.557. The Morgan fingerprint density at radius 1 is 1.00 bits per heavy atom. The van der Waals surface area contributed by atoms with Crippen molar-refractivity contribution in [3.63, 3.8) is 0 Å². The second kappa shape index (κ2) is 4.67. The number of rotatable bonds is 1. The minimum atomic E-state index is -4.57. The summed E-state index contributed by atoms with van der Waals surface area (Å²) in [5.74, 6) is -0.845. The number of hydrogen-bond donors (Lipinski definition) is 0. The summed E-state index contributed by atoms with van der Waals surface area (Å²) >= 11 is 6.05. The van der Waals surface area contributed by atoms with Gasteiger partial charge >= 0.3 is 6.18 Å². The molecule has 6 atom stereocenters. The number of benzene rings is 1. The third-order valence-electron chi connectivity index (χ3n) is 6.18. The molecule has 2 bridgehead atoms. The highest BCUT2D eigenvalue weighted by Gasteiger charge is 2.67. The molecule has 25 heavy (non-hydrogen) atoms. The second-order valence-electron chi connectivity index (χ2n) is 7.33. The summed E-state index contributed by atoms with van der Waals surface area (Å²) in [4.78, 5) is 26.8. The maximum Gasteiger partial charge on any atom is 0.416 e. The number of carbonyl (C=O) groups is 2. The normalized spacial score (nSPS) is 38.2.